The Morgan fingerprint density at radius 3 is 2.16 bits per heavy atom. The fourth-order valence-corrected chi connectivity index (χ4v) is 3.55. The van der Waals surface area contributed by atoms with Crippen LogP contribution < -0.4 is 15.7 Å². The highest BCUT2D eigenvalue weighted by Crippen LogP contribution is 2.25. The number of hydrogen-bond acceptors (Lipinski definition) is 3. The summed E-state index contributed by atoms with van der Waals surface area (Å²) in [6.45, 7) is 1.85. The van der Waals surface area contributed by atoms with Crippen molar-refractivity contribution in [3.8, 4) is 11.4 Å². The number of aryl methyl sites for hydroxylation is 1. The first-order valence-corrected chi connectivity index (χ1v) is 9.94. The van der Waals surface area contributed by atoms with Crippen molar-refractivity contribution in [3.05, 3.63) is 118 Å². The number of ether oxygens (including phenoxy) is 1. The lowest BCUT2D eigenvalue weighted by molar-refractivity contribution is 0.0943. The van der Waals surface area contributed by atoms with Gasteiger partial charge in [-0.15, -0.1) is 0 Å². The Labute approximate surface area is 180 Å². The summed E-state index contributed by atoms with van der Waals surface area (Å²) in [6, 6.07) is 24.1. The van der Waals surface area contributed by atoms with Crippen LogP contribution in [-0.4, -0.2) is 22.6 Å². The van der Waals surface area contributed by atoms with Crippen molar-refractivity contribution in [2.24, 2.45) is 0 Å². The van der Waals surface area contributed by atoms with Crippen LogP contribution in [0.5, 0.6) is 5.75 Å². The van der Waals surface area contributed by atoms with E-state index in [0.29, 0.717) is 11.3 Å². The van der Waals surface area contributed by atoms with Crippen molar-refractivity contribution in [1.82, 2.24) is 14.9 Å². The first-order valence-electron chi connectivity index (χ1n) is 9.94. The summed E-state index contributed by atoms with van der Waals surface area (Å²) in [6.07, 6.45) is 1.66. The third-order valence-corrected chi connectivity index (χ3v) is 5.21. The average Bonchev–Trinajstić information content (AvgIpc) is 3.16. The van der Waals surface area contributed by atoms with Gasteiger partial charge in [0, 0.05) is 17.5 Å². The fourth-order valence-electron chi connectivity index (χ4n) is 3.55. The molecule has 0 aliphatic rings. The van der Waals surface area contributed by atoms with Crippen LogP contribution in [0.3, 0.4) is 0 Å². The molecule has 31 heavy (non-hydrogen) atoms. The zero-order valence-corrected chi connectivity index (χ0v) is 17.3. The molecule has 0 aliphatic carbocycles. The monoisotopic (exact) mass is 413 g/mol. The smallest absolute Gasteiger partial charge is 0.330 e. The van der Waals surface area contributed by atoms with Gasteiger partial charge >= 0.3 is 5.69 Å². The van der Waals surface area contributed by atoms with Gasteiger partial charge in [0.1, 0.15) is 5.75 Å². The second kappa shape index (κ2) is 8.75. The molecule has 0 saturated heterocycles. The van der Waals surface area contributed by atoms with Crippen LogP contribution in [0.25, 0.3) is 5.69 Å². The third kappa shape index (κ3) is 4.28. The SMILES string of the molecule is COc1ccc(C(NC(=O)c2ccc(-n3c(C)c[nH]c3=O)cc2)c2ccccc2)cc1. The summed E-state index contributed by atoms with van der Waals surface area (Å²) in [5, 5.41) is 3.13. The van der Waals surface area contributed by atoms with E-state index in [-0.39, 0.29) is 17.6 Å². The highest BCUT2D eigenvalue weighted by Gasteiger charge is 2.18. The van der Waals surface area contributed by atoms with Gasteiger partial charge in [-0.2, -0.15) is 0 Å². The number of methoxy groups -OCH3 is 1. The molecule has 2 N–H and O–H groups in total. The molecule has 1 amide bonds. The van der Waals surface area contributed by atoms with Crippen molar-refractivity contribution in [3.63, 3.8) is 0 Å². The highest BCUT2D eigenvalue weighted by atomic mass is 16.5. The molecule has 1 unspecified atom stereocenters. The Bertz CT molecular complexity index is 1220. The van der Waals surface area contributed by atoms with Gasteiger partial charge in [0.05, 0.1) is 18.8 Å². The fraction of sp³-hybridized carbons (Fsp3) is 0.120. The number of aromatic amines is 1. The maximum absolute atomic E-state index is 13.0. The van der Waals surface area contributed by atoms with Gasteiger partial charge in [-0.25, -0.2) is 4.79 Å². The third-order valence-electron chi connectivity index (χ3n) is 5.21. The number of aromatic nitrogens is 2. The minimum absolute atomic E-state index is 0.200. The van der Waals surface area contributed by atoms with E-state index >= 15 is 0 Å². The number of benzene rings is 3. The van der Waals surface area contributed by atoms with Gasteiger partial charge in [0.2, 0.25) is 0 Å². The standard InChI is InChI=1S/C25H23N3O3/c1-17-16-26-25(30)28(17)21-12-8-20(9-13-21)24(29)27-23(18-6-4-3-5-7-18)19-10-14-22(31-2)15-11-19/h3-16,23H,1-2H3,(H,26,30)(H,27,29). The van der Waals surface area contributed by atoms with Crippen LogP contribution in [0.4, 0.5) is 0 Å². The number of nitrogens with one attached hydrogen (secondary N) is 2. The lowest BCUT2D eigenvalue weighted by Crippen LogP contribution is -2.29. The summed E-state index contributed by atoms with van der Waals surface area (Å²) >= 11 is 0. The zero-order valence-electron chi connectivity index (χ0n) is 17.3. The Morgan fingerprint density at radius 2 is 1.58 bits per heavy atom. The van der Waals surface area contributed by atoms with Crippen LogP contribution in [0, 0.1) is 6.92 Å². The first-order chi connectivity index (χ1) is 15.1. The van der Waals surface area contributed by atoms with Crippen LogP contribution in [0.2, 0.25) is 0 Å². The second-order valence-electron chi connectivity index (χ2n) is 7.21. The summed E-state index contributed by atoms with van der Waals surface area (Å²) in [4.78, 5) is 27.7. The number of carbonyl (C=O) groups is 1. The molecule has 3 aromatic carbocycles. The molecule has 156 valence electrons. The number of carbonyl (C=O) groups excluding carboxylic acids is 1. The number of amides is 1. The number of rotatable bonds is 6. The predicted molar refractivity (Wildman–Crippen MR) is 120 cm³/mol. The van der Waals surface area contributed by atoms with E-state index in [0.717, 1.165) is 22.6 Å². The zero-order chi connectivity index (χ0) is 21.8. The number of hydrogen-bond donors (Lipinski definition) is 2. The molecule has 1 atom stereocenters. The minimum Gasteiger partial charge on any atom is -0.497 e. The first kappa shape index (κ1) is 20.2. The number of nitrogens with zero attached hydrogens (tertiary/aromatic N) is 1. The predicted octanol–water partition coefficient (Wildman–Crippen LogP) is 4.00. The molecule has 0 bridgehead atoms. The van der Waals surface area contributed by atoms with Gasteiger partial charge in [-0.05, 0) is 54.4 Å². The van der Waals surface area contributed by atoms with Gasteiger partial charge in [-0.3, -0.25) is 9.36 Å². The Hall–Kier alpha value is -4.06. The number of H-pyrrole nitrogens is 1. The quantitative estimate of drug-likeness (QED) is 0.502. The van der Waals surface area contributed by atoms with Crippen LogP contribution in [0.1, 0.15) is 33.2 Å². The van der Waals surface area contributed by atoms with E-state index in [1.807, 2.05) is 61.5 Å². The average molecular weight is 413 g/mol. The van der Waals surface area contributed by atoms with E-state index in [9.17, 15) is 9.59 Å². The van der Waals surface area contributed by atoms with Gasteiger partial charge in [0.25, 0.3) is 5.91 Å². The molecule has 4 aromatic rings. The summed E-state index contributed by atoms with van der Waals surface area (Å²) in [5.74, 6) is 0.558. The van der Waals surface area contributed by atoms with Crippen molar-refractivity contribution in [2.45, 2.75) is 13.0 Å². The summed E-state index contributed by atoms with van der Waals surface area (Å²) in [5.41, 5.74) is 3.73. The molecule has 0 saturated carbocycles. The Morgan fingerprint density at radius 1 is 0.935 bits per heavy atom. The molecule has 0 aliphatic heterocycles. The van der Waals surface area contributed by atoms with Crippen LogP contribution in [-0.2, 0) is 0 Å². The molecule has 0 fully saturated rings. The largest absolute Gasteiger partial charge is 0.497 e. The molecule has 1 heterocycles. The lowest BCUT2D eigenvalue weighted by Gasteiger charge is -2.20. The van der Waals surface area contributed by atoms with Gasteiger partial charge in [-0.1, -0.05) is 42.5 Å². The Balaban J connectivity index is 1.61. The normalized spacial score (nSPS) is 11.7. The molecule has 1 aromatic heterocycles. The van der Waals surface area contributed by atoms with E-state index in [4.69, 9.17) is 4.74 Å². The van der Waals surface area contributed by atoms with Crippen LogP contribution >= 0.6 is 0 Å². The van der Waals surface area contributed by atoms with Crippen molar-refractivity contribution in [1.29, 1.82) is 0 Å². The van der Waals surface area contributed by atoms with E-state index in [1.165, 1.54) is 0 Å². The van der Waals surface area contributed by atoms with E-state index in [1.54, 1.807) is 42.1 Å². The number of imidazole rings is 1. The van der Waals surface area contributed by atoms with Crippen molar-refractivity contribution in [2.75, 3.05) is 7.11 Å². The molecule has 6 nitrogen and oxygen atoms in total. The maximum Gasteiger partial charge on any atom is 0.330 e. The lowest BCUT2D eigenvalue weighted by atomic mass is 9.98. The second-order valence-corrected chi connectivity index (χ2v) is 7.21. The maximum atomic E-state index is 13.0. The van der Waals surface area contributed by atoms with E-state index < -0.39 is 0 Å². The summed E-state index contributed by atoms with van der Waals surface area (Å²) in [7, 11) is 1.62. The topological polar surface area (TPSA) is 76.1 Å². The molecular weight excluding hydrogens is 390 g/mol. The molecule has 0 radical (unpaired) electrons. The molecular formula is C25H23N3O3. The van der Waals surface area contributed by atoms with Crippen LogP contribution in [0.15, 0.2) is 89.9 Å². The minimum atomic E-state index is -0.311. The summed E-state index contributed by atoms with van der Waals surface area (Å²) < 4.78 is 6.81. The highest BCUT2D eigenvalue weighted by molar-refractivity contribution is 5.94. The van der Waals surface area contributed by atoms with Crippen molar-refractivity contribution >= 4 is 5.91 Å². The molecule has 6 heteroatoms. The molecule has 0 spiro atoms. The Kier molecular flexibility index (Phi) is 5.71. The van der Waals surface area contributed by atoms with E-state index in [2.05, 4.69) is 10.3 Å². The van der Waals surface area contributed by atoms with Gasteiger partial charge in [0.15, 0.2) is 0 Å². The van der Waals surface area contributed by atoms with Gasteiger partial charge < -0.3 is 15.0 Å². The van der Waals surface area contributed by atoms with Crippen molar-refractivity contribution < 1.29 is 9.53 Å². The molecule has 4 rings (SSSR count).